The van der Waals surface area contributed by atoms with Crippen molar-refractivity contribution in [3.8, 4) is 0 Å². The van der Waals surface area contributed by atoms with Crippen LogP contribution in [0.2, 0.25) is 0 Å². The molecule has 0 bridgehead atoms. The normalized spacial score (nSPS) is 14.2. The number of nitro benzene ring substituents is 1. The van der Waals surface area contributed by atoms with E-state index in [0.717, 1.165) is 0 Å². The van der Waals surface area contributed by atoms with Crippen molar-refractivity contribution < 1.29 is 18.9 Å². The average Bonchev–Trinajstić information content (AvgIpc) is 3.25. The zero-order valence-corrected chi connectivity index (χ0v) is 17.9. The number of likely N-dealkylation sites (tertiary alicyclic amines) is 1. The van der Waals surface area contributed by atoms with E-state index in [-0.39, 0.29) is 34.6 Å². The van der Waals surface area contributed by atoms with Gasteiger partial charge in [0.1, 0.15) is 11.5 Å². The van der Waals surface area contributed by atoms with Gasteiger partial charge in [-0.1, -0.05) is 12.1 Å². The first-order valence-corrected chi connectivity index (χ1v) is 10.5. The molecule has 0 aliphatic carbocycles. The molecule has 0 radical (unpaired) electrons. The van der Waals surface area contributed by atoms with E-state index >= 15 is 0 Å². The smallest absolute Gasteiger partial charge is 0.293 e. The maximum Gasteiger partial charge on any atom is 0.293 e. The standard InChI is InChI=1S/C23H22FN5O4/c1-27-13-10-25-22(27)21(30)15-6-7-19(20(14-15)29(32)33)26-16-8-11-28(12-9-16)23(31)17-4-2-3-5-18(17)24/h2-7,10,13-14,16,26H,8-9,11-12H2,1H3. The number of aryl methyl sites for hydroxylation is 1. The highest BCUT2D eigenvalue weighted by Crippen LogP contribution is 2.29. The van der Waals surface area contributed by atoms with Gasteiger partial charge in [-0.05, 0) is 37.1 Å². The topological polar surface area (TPSA) is 110 Å². The van der Waals surface area contributed by atoms with Crippen LogP contribution in [0.15, 0.2) is 54.9 Å². The Morgan fingerprint density at radius 1 is 1.18 bits per heavy atom. The number of hydrogen-bond donors (Lipinski definition) is 1. The number of ketones is 1. The summed E-state index contributed by atoms with van der Waals surface area (Å²) in [7, 11) is 1.67. The van der Waals surface area contributed by atoms with Crippen molar-refractivity contribution in [3.05, 3.63) is 87.7 Å². The molecule has 0 saturated carbocycles. The molecule has 1 aliphatic heterocycles. The van der Waals surface area contributed by atoms with Crippen LogP contribution in [-0.2, 0) is 7.05 Å². The van der Waals surface area contributed by atoms with Gasteiger partial charge in [-0.2, -0.15) is 0 Å². The molecule has 3 aromatic rings. The van der Waals surface area contributed by atoms with E-state index in [1.807, 2.05) is 0 Å². The lowest BCUT2D eigenvalue weighted by atomic mass is 10.0. The molecule has 1 amide bonds. The van der Waals surface area contributed by atoms with Gasteiger partial charge in [-0.3, -0.25) is 19.7 Å². The van der Waals surface area contributed by atoms with Crippen molar-refractivity contribution in [3.63, 3.8) is 0 Å². The predicted octanol–water partition coefficient (Wildman–Crippen LogP) is 3.42. The number of nitrogens with zero attached hydrogens (tertiary/aromatic N) is 4. The Balaban J connectivity index is 1.45. The molecule has 1 fully saturated rings. The van der Waals surface area contributed by atoms with Gasteiger partial charge in [0.2, 0.25) is 5.78 Å². The number of hydrogen-bond acceptors (Lipinski definition) is 6. The summed E-state index contributed by atoms with van der Waals surface area (Å²) in [5.41, 5.74) is 0.301. The zero-order valence-electron chi connectivity index (χ0n) is 17.9. The van der Waals surface area contributed by atoms with E-state index in [2.05, 4.69) is 10.3 Å². The zero-order chi connectivity index (χ0) is 23.5. The Bertz CT molecular complexity index is 1220. The molecule has 170 valence electrons. The van der Waals surface area contributed by atoms with Gasteiger partial charge in [0, 0.05) is 50.2 Å². The van der Waals surface area contributed by atoms with Crippen LogP contribution < -0.4 is 5.32 Å². The van der Waals surface area contributed by atoms with Crippen molar-refractivity contribution in [2.24, 2.45) is 7.05 Å². The number of imidazole rings is 1. The van der Waals surface area contributed by atoms with E-state index in [9.17, 15) is 24.1 Å². The highest BCUT2D eigenvalue weighted by molar-refractivity contribution is 6.07. The number of piperidine rings is 1. The molecule has 0 spiro atoms. The first kappa shape index (κ1) is 22.1. The lowest BCUT2D eigenvalue weighted by molar-refractivity contribution is -0.384. The monoisotopic (exact) mass is 451 g/mol. The minimum absolute atomic E-state index is 0.0347. The summed E-state index contributed by atoms with van der Waals surface area (Å²) in [5, 5.41) is 14.8. The number of nitrogens with one attached hydrogen (secondary N) is 1. The SMILES string of the molecule is Cn1ccnc1C(=O)c1ccc(NC2CCN(C(=O)c3ccccc3F)CC2)c([N+](=O)[O-])c1. The summed E-state index contributed by atoms with van der Waals surface area (Å²) in [6.45, 7) is 0.794. The number of benzene rings is 2. The minimum atomic E-state index is -0.557. The van der Waals surface area contributed by atoms with Crippen molar-refractivity contribution in [1.82, 2.24) is 14.5 Å². The number of halogens is 1. The average molecular weight is 451 g/mol. The molecule has 1 saturated heterocycles. The second-order valence-electron chi connectivity index (χ2n) is 7.87. The molecule has 0 unspecified atom stereocenters. The Morgan fingerprint density at radius 3 is 2.55 bits per heavy atom. The van der Waals surface area contributed by atoms with Gasteiger partial charge in [-0.25, -0.2) is 9.37 Å². The molecular weight excluding hydrogens is 429 g/mol. The molecule has 1 aliphatic rings. The first-order valence-electron chi connectivity index (χ1n) is 10.5. The van der Waals surface area contributed by atoms with E-state index in [0.29, 0.717) is 31.6 Å². The first-order chi connectivity index (χ1) is 15.8. The minimum Gasteiger partial charge on any atom is -0.377 e. The van der Waals surface area contributed by atoms with Crippen molar-refractivity contribution >= 4 is 23.1 Å². The summed E-state index contributed by atoms with van der Waals surface area (Å²) in [6, 6.07) is 10.0. The fourth-order valence-corrected chi connectivity index (χ4v) is 3.91. The van der Waals surface area contributed by atoms with Crippen LogP contribution in [0.25, 0.3) is 0 Å². The second-order valence-corrected chi connectivity index (χ2v) is 7.87. The van der Waals surface area contributed by atoms with Crippen LogP contribution in [0.5, 0.6) is 0 Å². The third-order valence-electron chi connectivity index (χ3n) is 5.73. The van der Waals surface area contributed by atoms with Crippen LogP contribution >= 0.6 is 0 Å². The van der Waals surface area contributed by atoms with E-state index < -0.39 is 16.5 Å². The van der Waals surface area contributed by atoms with E-state index in [4.69, 9.17) is 0 Å². The van der Waals surface area contributed by atoms with Crippen molar-refractivity contribution in [2.45, 2.75) is 18.9 Å². The number of amides is 1. The highest BCUT2D eigenvalue weighted by atomic mass is 19.1. The van der Waals surface area contributed by atoms with Gasteiger partial charge in [0.05, 0.1) is 10.5 Å². The van der Waals surface area contributed by atoms with Crippen LogP contribution in [0.4, 0.5) is 15.8 Å². The van der Waals surface area contributed by atoms with E-state index in [1.54, 1.807) is 28.8 Å². The number of rotatable bonds is 6. The lowest BCUT2D eigenvalue weighted by Gasteiger charge is -2.33. The van der Waals surface area contributed by atoms with Crippen LogP contribution in [0.3, 0.4) is 0 Å². The molecule has 2 aromatic carbocycles. The second kappa shape index (κ2) is 9.19. The van der Waals surface area contributed by atoms with Crippen molar-refractivity contribution in [1.29, 1.82) is 0 Å². The van der Waals surface area contributed by atoms with Crippen LogP contribution in [0.1, 0.15) is 39.4 Å². The molecule has 1 aromatic heterocycles. The maximum atomic E-state index is 13.9. The number of anilines is 1. The summed E-state index contributed by atoms with van der Waals surface area (Å²) in [6.07, 6.45) is 4.21. The van der Waals surface area contributed by atoms with Gasteiger partial charge in [0.15, 0.2) is 5.82 Å². The number of nitro groups is 1. The fourth-order valence-electron chi connectivity index (χ4n) is 3.91. The van der Waals surface area contributed by atoms with Gasteiger partial charge >= 0.3 is 0 Å². The van der Waals surface area contributed by atoms with Gasteiger partial charge in [-0.15, -0.1) is 0 Å². The van der Waals surface area contributed by atoms with E-state index in [1.165, 1.54) is 42.6 Å². The Labute approximate surface area is 189 Å². The molecule has 2 heterocycles. The van der Waals surface area contributed by atoms with Crippen molar-refractivity contribution in [2.75, 3.05) is 18.4 Å². The quantitative estimate of drug-likeness (QED) is 0.349. The summed E-state index contributed by atoms with van der Waals surface area (Å²) < 4.78 is 15.5. The molecule has 0 atom stereocenters. The summed E-state index contributed by atoms with van der Waals surface area (Å²) in [4.78, 5) is 42.0. The largest absolute Gasteiger partial charge is 0.377 e. The molecule has 9 nitrogen and oxygen atoms in total. The van der Waals surface area contributed by atoms with Crippen LogP contribution in [-0.4, -0.2) is 50.2 Å². The summed E-state index contributed by atoms with van der Waals surface area (Å²) in [5.74, 6) is -1.14. The molecule has 10 heteroatoms. The summed E-state index contributed by atoms with van der Waals surface area (Å²) >= 11 is 0. The molecule has 33 heavy (non-hydrogen) atoms. The number of carbonyl (C=O) groups is 2. The third kappa shape index (κ3) is 4.59. The fraction of sp³-hybridized carbons (Fsp3) is 0.261. The lowest BCUT2D eigenvalue weighted by Crippen LogP contribution is -2.42. The Morgan fingerprint density at radius 2 is 1.91 bits per heavy atom. The highest BCUT2D eigenvalue weighted by Gasteiger charge is 2.27. The predicted molar refractivity (Wildman–Crippen MR) is 119 cm³/mol. The third-order valence-corrected chi connectivity index (χ3v) is 5.73. The Kier molecular flexibility index (Phi) is 6.16. The molecule has 1 N–H and O–H groups in total. The maximum absolute atomic E-state index is 13.9. The number of aromatic nitrogens is 2. The van der Waals surface area contributed by atoms with Crippen LogP contribution in [0, 0.1) is 15.9 Å². The Hall–Kier alpha value is -4.08. The molecule has 4 rings (SSSR count). The number of carbonyl (C=O) groups excluding carboxylic acids is 2. The van der Waals surface area contributed by atoms with Gasteiger partial charge in [0.25, 0.3) is 11.6 Å². The molecular formula is C23H22FN5O4. The van der Waals surface area contributed by atoms with Gasteiger partial charge < -0.3 is 14.8 Å².